The Morgan fingerprint density at radius 1 is 0.963 bits per heavy atom. The molecule has 134 valence electrons. The standard InChI is InChI=1S/C21H17N3O3/c1-15-7-10-18(14-22-15)20(25)24-23-13-16-8-11-19(12-9-16)27-21(26)17-5-3-2-4-6-17/h2-14H,1H3,(H,24,25)/b23-13+. The number of ether oxygens (including phenoxy) is 1. The lowest BCUT2D eigenvalue weighted by atomic mass is 10.2. The molecule has 1 heterocycles. The fourth-order valence-electron chi connectivity index (χ4n) is 2.19. The minimum atomic E-state index is -0.420. The molecule has 0 unspecified atom stereocenters. The fourth-order valence-corrected chi connectivity index (χ4v) is 2.19. The fraction of sp³-hybridized carbons (Fsp3) is 0.0476. The highest BCUT2D eigenvalue weighted by atomic mass is 16.5. The third-order valence-corrected chi connectivity index (χ3v) is 3.65. The molecule has 2 aromatic carbocycles. The average Bonchev–Trinajstić information content (AvgIpc) is 2.70. The van der Waals surface area contributed by atoms with Crippen LogP contribution in [0.25, 0.3) is 0 Å². The lowest BCUT2D eigenvalue weighted by Gasteiger charge is -2.04. The first kappa shape index (κ1) is 18.0. The number of esters is 1. The van der Waals surface area contributed by atoms with Crippen LogP contribution in [0.5, 0.6) is 5.75 Å². The largest absolute Gasteiger partial charge is 0.423 e. The Balaban J connectivity index is 1.55. The van der Waals surface area contributed by atoms with E-state index >= 15 is 0 Å². The van der Waals surface area contributed by atoms with Gasteiger partial charge in [-0.25, -0.2) is 10.2 Å². The van der Waals surface area contributed by atoms with E-state index in [9.17, 15) is 9.59 Å². The molecule has 6 heteroatoms. The average molecular weight is 359 g/mol. The molecule has 27 heavy (non-hydrogen) atoms. The SMILES string of the molecule is Cc1ccc(C(=O)N/N=C/c2ccc(OC(=O)c3ccccc3)cc2)cn1. The molecule has 0 atom stereocenters. The molecule has 1 amide bonds. The smallest absolute Gasteiger partial charge is 0.343 e. The number of nitrogens with zero attached hydrogens (tertiary/aromatic N) is 2. The van der Waals surface area contributed by atoms with Gasteiger partial charge >= 0.3 is 5.97 Å². The number of hydrogen-bond acceptors (Lipinski definition) is 5. The zero-order valence-electron chi connectivity index (χ0n) is 14.6. The second-order valence-corrected chi connectivity index (χ2v) is 5.71. The van der Waals surface area contributed by atoms with Crippen LogP contribution >= 0.6 is 0 Å². The predicted molar refractivity (Wildman–Crippen MR) is 102 cm³/mol. The lowest BCUT2D eigenvalue weighted by Crippen LogP contribution is -2.17. The van der Waals surface area contributed by atoms with E-state index in [1.54, 1.807) is 60.7 Å². The van der Waals surface area contributed by atoms with Crippen molar-refractivity contribution in [1.82, 2.24) is 10.4 Å². The number of benzene rings is 2. The second-order valence-electron chi connectivity index (χ2n) is 5.71. The molecule has 0 radical (unpaired) electrons. The van der Waals surface area contributed by atoms with Crippen molar-refractivity contribution in [2.75, 3.05) is 0 Å². The van der Waals surface area contributed by atoms with Gasteiger partial charge in [-0.15, -0.1) is 0 Å². The van der Waals surface area contributed by atoms with Crippen LogP contribution in [-0.4, -0.2) is 23.1 Å². The molecule has 0 aliphatic carbocycles. The summed E-state index contributed by atoms with van der Waals surface area (Å²) in [5, 5.41) is 3.92. The summed E-state index contributed by atoms with van der Waals surface area (Å²) in [4.78, 5) is 28.0. The normalized spacial score (nSPS) is 10.6. The number of rotatable bonds is 5. The monoisotopic (exact) mass is 359 g/mol. The van der Waals surface area contributed by atoms with Crippen LogP contribution < -0.4 is 10.2 Å². The number of hydrogen-bond donors (Lipinski definition) is 1. The molecular weight excluding hydrogens is 342 g/mol. The van der Waals surface area contributed by atoms with E-state index in [4.69, 9.17) is 4.74 Å². The van der Waals surface area contributed by atoms with Crippen molar-refractivity contribution in [3.8, 4) is 5.75 Å². The van der Waals surface area contributed by atoms with E-state index in [0.29, 0.717) is 16.9 Å². The molecule has 0 saturated carbocycles. The lowest BCUT2D eigenvalue weighted by molar-refractivity contribution is 0.0734. The Morgan fingerprint density at radius 3 is 2.37 bits per heavy atom. The molecule has 0 bridgehead atoms. The summed E-state index contributed by atoms with van der Waals surface area (Å²) in [6.07, 6.45) is 3.00. The van der Waals surface area contributed by atoms with Gasteiger partial charge in [-0.1, -0.05) is 18.2 Å². The Labute approximate surface area is 156 Å². The summed E-state index contributed by atoms with van der Waals surface area (Å²) in [5.74, 6) is -0.334. The van der Waals surface area contributed by atoms with E-state index in [1.807, 2.05) is 13.0 Å². The zero-order chi connectivity index (χ0) is 19.1. The summed E-state index contributed by atoms with van der Waals surface area (Å²) < 4.78 is 5.31. The maximum Gasteiger partial charge on any atom is 0.343 e. The molecule has 0 fully saturated rings. The van der Waals surface area contributed by atoms with Gasteiger partial charge in [0, 0.05) is 11.9 Å². The van der Waals surface area contributed by atoms with Crippen LogP contribution in [0.1, 0.15) is 32.0 Å². The van der Waals surface area contributed by atoms with Crippen LogP contribution in [0.2, 0.25) is 0 Å². The quantitative estimate of drug-likeness (QED) is 0.328. The molecular formula is C21H17N3O3. The van der Waals surface area contributed by atoms with Gasteiger partial charge in [-0.2, -0.15) is 5.10 Å². The van der Waals surface area contributed by atoms with E-state index < -0.39 is 5.97 Å². The number of carbonyl (C=O) groups excluding carboxylic acids is 2. The van der Waals surface area contributed by atoms with E-state index in [1.165, 1.54) is 12.4 Å². The summed E-state index contributed by atoms with van der Waals surface area (Å²) in [5.41, 5.74) is 4.94. The molecule has 0 aliphatic rings. The third kappa shape index (κ3) is 5.09. The molecule has 0 saturated heterocycles. The Hall–Kier alpha value is -3.80. The van der Waals surface area contributed by atoms with Crippen molar-refractivity contribution < 1.29 is 14.3 Å². The number of aromatic nitrogens is 1. The Kier molecular flexibility index (Phi) is 5.69. The van der Waals surface area contributed by atoms with Crippen LogP contribution in [0.15, 0.2) is 78.0 Å². The van der Waals surface area contributed by atoms with Gasteiger partial charge in [0.05, 0.1) is 17.3 Å². The summed E-state index contributed by atoms with van der Waals surface area (Å²) >= 11 is 0. The molecule has 0 aliphatic heterocycles. The number of nitrogens with one attached hydrogen (secondary N) is 1. The van der Waals surface area contributed by atoms with Crippen molar-refractivity contribution in [2.24, 2.45) is 5.10 Å². The van der Waals surface area contributed by atoms with E-state index in [0.717, 1.165) is 11.3 Å². The molecule has 0 spiro atoms. The molecule has 6 nitrogen and oxygen atoms in total. The van der Waals surface area contributed by atoms with Crippen molar-refractivity contribution in [1.29, 1.82) is 0 Å². The highest BCUT2D eigenvalue weighted by Crippen LogP contribution is 2.13. The third-order valence-electron chi connectivity index (χ3n) is 3.65. The van der Waals surface area contributed by atoms with E-state index in [2.05, 4.69) is 15.5 Å². The number of carbonyl (C=O) groups is 2. The van der Waals surface area contributed by atoms with Gasteiger partial charge in [0.15, 0.2) is 0 Å². The number of hydrazone groups is 1. The molecule has 1 N–H and O–H groups in total. The van der Waals surface area contributed by atoms with Gasteiger partial charge in [-0.3, -0.25) is 9.78 Å². The Morgan fingerprint density at radius 2 is 1.70 bits per heavy atom. The van der Waals surface area contributed by atoms with Crippen molar-refractivity contribution >= 4 is 18.1 Å². The first-order valence-corrected chi connectivity index (χ1v) is 8.25. The van der Waals surface area contributed by atoms with Crippen molar-refractivity contribution in [3.05, 3.63) is 95.3 Å². The maximum absolute atomic E-state index is 12.0. The van der Waals surface area contributed by atoms with Crippen molar-refractivity contribution in [2.45, 2.75) is 6.92 Å². The van der Waals surface area contributed by atoms with Crippen LogP contribution in [0.4, 0.5) is 0 Å². The molecule has 3 rings (SSSR count). The topological polar surface area (TPSA) is 80.6 Å². The first-order chi connectivity index (χ1) is 13.1. The van der Waals surface area contributed by atoms with Gasteiger partial charge in [-0.05, 0) is 61.0 Å². The van der Waals surface area contributed by atoms with Gasteiger partial charge in [0.25, 0.3) is 5.91 Å². The highest BCUT2D eigenvalue weighted by Gasteiger charge is 2.07. The highest BCUT2D eigenvalue weighted by molar-refractivity contribution is 5.94. The van der Waals surface area contributed by atoms with Gasteiger partial charge < -0.3 is 4.74 Å². The molecule has 3 aromatic rings. The van der Waals surface area contributed by atoms with Crippen molar-refractivity contribution in [3.63, 3.8) is 0 Å². The molecule has 1 aromatic heterocycles. The summed E-state index contributed by atoms with van der Waals surface area (Å²) in [6, 6.07) is 19.0. The van der Waals surface area contributed by atoms with Crippen LogP contribution in [0, 0.1) is 6.92 Å². The van der Waals surface area contributed by atoms with Crippen LogP contribution in [0.3, 0.4) is 0 Å². The van der Waals surface area contributed by atoms with Crippen LogP contribution in [-0.2, 0) is 0 Å². The number of amides is 1. The summed E-state index contributed by atoms with van der Waals surface area (Å²) in [7, 11) is 0. The number of pyridine rings is 1. The minimum Gasteiger partial charge on any atom is -0.423 e. The van der Waals surface area contributed by atoms with Gasteiger partial charge in [0.2, 0.25) is 0 Å². The minimum absolute atomic E-state index is 0.341. The Bertz CT molecular complexity index is 950. The first-order valence-electron chi connectivity index (χ1n) is 8.25. The maximum atomic E-state index is 12.0. The summed E-state index contributed by atoms with van der Waals surface area (Å²) in [6.45, 7) is 1.85. The van der Waals surface area contributed by atoms with Gasteiger partial charge in [0.1, 0.15) is 5.75 Å². The second kappa shape index (κ2) is 8.53. The predicted octanol–water partition coefficient (Wildman–Crippen LogP) is 3.37. The zero-order valence-corrected chi connectivity index (χ0v) is 14.6. The van der Waals surface area contributed by atoms with E-state index in [-0.39, 0.29) is 5.91 Å². The number of aryl methyl sites for hydroxylation is 1.